The number of hydrogen-bond donors (Lipinski definition) is 3. The molecule has 0 saturated carbocycles. The molecule has 2 aromatic rings. The first-order chi connectivity index (χ1) is 11.9. The molecule has 0 aromatic heterocycles. The topological polar surface area (TPSA) is 61.4 Å². The van der Waals surface area contributed by atoms with Crippen molar-refractivity contribution in [2.45, 2.75) is 32.6 Å². The van der Waals surface area contributed by atoms with Gasteiger partial charge in [0.15, 0.2) is 5.11 Å². The largest absolute Gasteiger partial charge is 0.506 e. The van der Waals surface area contributed by atoms with Gasteiger partial charge in [-0.3, -0.25) is 4.79 Å². The van der Waals surface area contributed by atoms with E-state index in [2.05, 4.69) is 24.5 Å². The SMILES string of the molecule is CC[C@H](C)c1ccc(O)c(NC(=S)NC(=O)Cc2ccc(Cl)cc2)c1. The van der Waals surface area contributed by atoms with Gasteiger partial charge in [-0.25, -0.2) is 0 Å². The minimum Gasteiger partial charge on any atom is -0.506 e. The van der Waals surface area contributed by atoms with Gasteiger partial charge in [0.2, 0.25) is 5.91 Å². The third-order valence-electron chi connectivity index (χ3n) is 3.98. The third-order valence-corrected chi connectivity index (χ3v) is 4.44. The van der Waals surface area contributed by atoms with Gasteiger partial charge in [0, 0.05) is 5.02 Å². The molecular formula is C19H21ClN2O2S. The first kappa shape index (κ1) is 19.2. The summed E-state index contributed by atoms with van der Waals surface area (Å²) in [5.41, 5.74) is 2.42. The highest BCUT2D eigenvalue weighted by molar-refractivity contribution is 7.80. The van der Waals surface area contributed by atoms with E-state index < -0.39 is 0 Å². The molecule has 3 N–H and O–H groups in total. The maximum Gasteiger partial charge on any atom is 0.230 e. The maximum atomic E-state index is 12.1. The summed E-state index contributed by atoms with van der Waals surface area (Å²) in [7, 11) is 0. The molecule has 0 fully saturated rings. The van der Waals surface area contributed by atoms with Crippen LogP contribution < -0.4 is 10.6 Å². The van der Waals surface area contributed by atoms with Crippen molar-refractivity contribution in [1.29, 1.82) is 0 Å². The maximum absolute atomic E-state index is 12.1. The lowest BCUT2D eigenvalue weighted by molar-refractivity contribution is -0.119. The molecule has 4 nitrogen and oxygen atoms in total. The lowest BCUT2D eigenvalue weighted by Crippen LogP contribution is -2.35. The van der Waals surface area contributed by atoms with Gasteiger partial charge in [0.05, 0.1) is 12.1 Å². The van der Waals surface area contributed by atoms with E-state index in [4.69, 9.17) is 23.8 Å². The van der Waals surface area contributed by atoms with Crippen molar-refractivity contribution in [2.24, 2.45) is 0 Å². The Morgan fingerprint density at radius 1 is 1.24 bits per heavy atom. The molecule has 0 heterocycles. The van der Waals surface area contributed by atoms with Gasteiger partial charge < -0.3 is 15.7 Å². The summed E-state index contributed by atoms with van der Waals surface area (Å²) in [6.07, 6.45) is 1.18. The van der Waals surface area contributed by atoms with Crippen LogP contribution in [0.15, 0.2) is 42.5 Å². The zero-order valence-electron chi connectivity index (χ0n) is 14.2. The molecular weight excluding hydrogens is 356 g/mol. The number of anilines is 1. The lowest BCUT2D eigenvalue weighted by atomic mass is 9.98. The Morgan fingerprint density at radius 3 is 2.56 bits per heavy atom. The van der Waals surface area contributed by atoms with Crippen molar-refractivity contribution in [3.8, 4) is 5.75 Å². The molecule has 2 aromatic carbocycles. The predicted molar refractivity (Wildman–Crippen MR) is 106 cm³/mol. The molecule has 0 aliphatic carbocycles. The van der Waals surface area contributed by atoms with Gasteiger partial charge in [-0.1, -0.05) is 43.6 Å². The summed E-state index contributed by atoms with van der Waals surface area (Å²) in [6, 6.07) is 12.4. The Balaban J connectivity index is 1.97. The smallest absolute Gasteiger partial charge is 0.230 e. The summed E-state index contributed by atoms with van der Waals surface area (Å²) < 4.78 is 0. The van der Waals surface area contributed by atoms with Crippen LogP contribution in [0.5, 0.6) is 5.75 Å². The molecule has 132 valence electrons. The van der Waals surface area contributed by atoms with Gasteiger partial charge in [-0.05, 0) is 59.9 Å². The highest BCUT2D eigenvalue weighted by Crippen LogP contribution is 2.29. The number of nitrogens with one attached hydrogen (secondary N) is 2. The van der Waals surface area contributed by atoms with Crippen LogP contribution in [0.4, 0.5) is 5.69 Å². The van der Waals surface area contributed by atoms with Crippen molar-refractivity contribution in [1.82, 2.24) is 5.32 Å². The Labute approximate surface area is 158 Å². The van der Waals surface area contributed by atoms with Crippen LogP contribution in [0.3, 0.4) is 0 Å². The fraction of sp³-hybridized carbons (Fsp3) is 0.263. The average molecular weight is 377 g/mol. The van der Waals surface area contributed by atoms with Crippen molar-refractivity contribution in [3.05, 3.63) is 58.6 Å². The number of benzene rings is 2. The highest BCUT2D eigenvalue weighted by atomic mass is 35.5. The van der Waals surface area contributed by atoms with Crippen molar-refractivity contribution in [3.63, 3.8) is 0 Å². The van der Waals surface area contributed by atoms with Gasteiger partial charge >= 0.3 is 0 Å². The van der Waals surface area contributed by atoms with Crippen LogP contribution >= 0.6 is 23.8 Å². The summed E-state index contributed by atoms with van der Waals surface area (Å²) in [6.45, 7) is 4.22. The summed E-state index contributed by atoms with van der Waals surface area (Å²) in [5.74, 6) is 0.216. The molecule has 0 saturated heterocycles. The summed E-state index contributed by atoms with van der Waals surface area (Å²) in [5, 5.41) is 16.3. The number of amides is 1. The molecule has 0 aliphatic heterocycles. The molecule has 0 bridgehead atoms. The summed E-state index contributed by atoms with van der Waals surface area (Å²) in [4.78, 5) is 12.1. The quantitative estimate of drug-likeness (QED) is 0.526. The first-order valence-electron chi connectivity index (χ1n) is 8.07. The van der Waals surface area contributed by atoms with Gasteiger partial charge in [0.25, 0.3) is 0 Å². The van der Waals surface area contributed by atoms with Gasteiger partial charge in [-0.2, -0.15) is 0 Å². The number of carbonyl (C=O) groups is 1. The molecule has 1 atom stereocenters. The standard InChI is InChI=1S/C19H21ClN2O2S/c1-3-12(2)14-6-9-17(23)16(11-14)21-19(25)22-18(24)10-13-4-7-15(20)8-5-13/h4-9,11-12,23H,3,10H2,1-2H3,(H2,21,22,24,25)/t12-/m0/s1. The van der Waals surface area contributed by atoms with E-state index in [1.807, 2.05) is 12.1 Å². The second-order valence-electron chi connectivity index (χ2n) is 5.89. The molecule has 6 heteroatoms. The number of carbonyl (C=O) groups excluding carboxylic acids is 1. The number of rotatable bonds is 5. The first-order valence-corrected chi connectivity index (χ1v) is 8.85. The van der Waals surface area contributed by atoms with Crippen LogP contribution in [0.2, 0.25) is 5.02 Å². The number of phenolic OH excluding ortho intramolecular Hbond substituents is 1. The normalized spacial score (nSPS) is 11.6. The van der Waals surface area contributed by atoms with Crippen LogP contribution in [0, 0.1) is 0 Å². The molecule has 0 spiro atoms. The fourth-order valence-corrected chi connectivity index (χ4v) is 2.66. The van der Waals surface area contributed by atoms with Crippen molar-refractivity contribution < 1.29 is 9.90 Å². The van der Waals surface area contributed by atoms with E-state index >= 15 is 0 Å². The minimum absolute atomic E-state index is 0.0846. The van der Waals surface area contributed by atoms with Crippen molar-refractivity contribution in [2.75, 3.05) is 5.32 Å². The molecule has 1 amide bonds. The van der Waals surface area contributed by atoms with Crippen LogP contribution in [-0.4, -0.2) is 16.1 Å². The number of aromatic hydroxyl groups is 1. The monoisotopic (exact) mass is 376 g/mol. The average Bonchev–Trinajstić information content (AvgIpc) is 2.58. The van der Waals surface area contributed by atoms with E-state index in [1.54, 1.807) is 30.3 Å². The lowest BCUT2D eigenvalue weighted by Gasteiger charge is -2.14. The zero-order valence-corrected chi connectivity index (χ0v) is 15.7. The number of halogens is 1. The Kier molecular flexibility index (Phi) is 6.79. The fourth-order valence-electron chi connectivity index (χ4n) is 2.31. The number of phenols is 1. The van der Waals surface area contributed by atoms with E-state index in [9.17, 15) is 9.90 Å². The minimum atomic E-state index is -0.239. The predicted octanol–water partition coefficient (Wildman–Crippen LogP) is 4.61. The van der Waals surface area contributed by atoms with E-state index in [0.717, 1.165) is 17.5 Å². The highest BCUT2D eigenvalue weighted by Gasteiger charge is 2.11. The molecule has 2 rings (SSSR count). The van der Waals surface area contributed by atoms with Crippen molar-refractivity contribution >= 4 is 40.5 Å². The van der Waals surface area contributed by atoms with Crippen LogP contribution in [-0.2, 0) is 11.2 Å². The summed E-state index contributed by atoms with van der Waals surface area (Å²) >= 11 is 11.0. The van der Waals surface area contributed by atoms with E-state index in [1.165, 1.54) is 0 Å². The Morgan fingerprint density at radius 2 is 1.92 bits per heavy atom. The van der Waals surface area contributed by atoms with E-state index in [0.29, 0.717) is 16.6 Å². The van der Waals surface area contributed by atoms with Crippen LogP contribution in [0.1, 0.15) is 37.3 Å². The Hall–Kier alpha value is -2.11. The molecule has 25 heavy (non-hydrogen) atoms. The van der Waals surface area contributed by atoms with Gasteiger partial charge in [0.1, 0.15) is 5.75 Å². The van der Waals surface area contributed by atoms with Crippen LogP contribution in [0.25, 0.3) is 0 Å². The molecule has 0 unspecified atom stereocenters. The number of thiocarbonyl (C=S) groups is 1. The number of hydrogen-bond acceptors (Lipinski definition) is 3. The molecule has 0 aliphatic rings. The second-order valence-corrected chi connectivity index (χ2v) is 6.74. The second kappa shape index (κ2) is 8.83. The molecule has 0 radical (unpaired) electrons. The Bertz CT molecular complexity index is 763. The zero-order chi connectivity index (χ0) is 18.4. The van der Waals surface area contributed by atoms with E-state index in [-0.39, 0.29) is 23.2 Å². The third kappa shape index (κ3) is 5.73. The van der Waals surface area contributed by atoms with Gasteiger partial charge in [-0.15, -0.1) is 0 Å².